The van der Waals surface area contributed by atoms with E-state index in [2.05, 4.69) is 87.6 Å². The molecule has 0 aliphatic carbocycles. The number of hydrogen-bond donors (Lipinski definition) is 0. The summed E-state index contributed by atoms with van der Waals surface area (Å²) in [7, 11) is 0. The van der Waals surface area contributed by atoms with E-state index in [1.54, 1.807) is 0 Å². The van der Waals surface area contributed by atoms with E-state index < -0.39 is 6.10 Å². The van der Waals surface area contributed by atoms with Crippen molar-refractivity contribution in [3.63, 3.8) is 0 Å². The van der Waals surface area contributed by atoms with Crippen LogP contribution in [0.2, 0.25) is 0 Å². The van der Waals surface area contributed by atoms with Gasteiger partial charge < -0.3 is 14.2 Å². The van der Waals surface area contributed by atoms with Gasteiger partial charge in [-0.2, -0.15) is 0 Å². The molecule has 69 heavy (non-hydrogen) atoms. The van der Waals surface area contributed by atoms with Gasteiger partial charge in [-0.25, -0.2) is 0 Å². The lowest BCUT2D eigenvalue weighted by molar-refractivity contribution is -0.166. The SMILES string of the molecule is CC/C=C\C/C=C\C/C=C\C/C=C\C/C=C\C/C=C\CCC(=O)OC[C@@H](COC(=O)CCCCCCCCCCCCCCCC)OC(=O)CCCCCCCCCCCCCCCCCCCC. The quantitative estimate of drug-likeness (QED) is 0.0262. The van der Waals surface area contributed by atoms with Crippen molar-refractivity contribution in [3.05, 3.63) is 72.9 Å². The Morgan fingerprint density at radius 3 is 0.884 bits per heavy atom. The van der Waals surface area contributed by atoms with Crippen molar-refractivity contribution < 1.29 is 28.6 Å². The molecule has 0 unspecified atom stereocenters. The van der Waals surface area contributed by atoms with Crippen LogP contribution in [-0.4, -0.2) is 37.2 Å². The highest BCUT2D eigenvalue weighted by atomic mass is 16.6. The second-order valence-corrected chi connectivity index (χ2v) is 19.5. The minimum atomic E-state index is -0.803. The normalized spacial score (nSPS) is 12.6. The topological polar surface area (TPSA) is 78.9 Å². The highest BCUT2D eigenvalue weighted by Crippen LogP contribution is 2.17. The summed E-state index contributed by atoms with van der Waals surface area (Å²) in [6.45, 7) is 6.50. The first-order valence-corrected chi connectivity index (χ1v) is 29.4. The molecule has 0 aliphatic rings. The molecule has 6 heteroatoms. The van der Waals surface area contributed by atoms with Gasteiger partial charge in [0.1, 0.15) is 13.2 Å². The molecule has 0 amide bonds. The third kappa shape index (κ3) is 55.6. The average molecular weight is 964 g/mol. The van der Waals surface area contributed by atoms with Crippen LogP contribution < -0.4 is 0 Å². The largest absolute Gasteiger partial charge is 0.462 e. The fourth-order valence-electron chi connectivity index (χ4n) is 8.35. The Hall–Kier alpha value is -3.15. The Bertz CT molecular complexity index is 1290. The first-order valence-electron chi connectivity index (χ1n) is 29.4. The predicted octanol–water partition coefficient (Wildman–Crippen LogP) is 19.8. The van der Waals surface area contributed by atoms with Crippen molar-refractivity contribution in [2.24, 2.45) is 0 Å². The van der Waals surface area contributed by atoms with Crippen LogP contribution in [-0.2, 0) is 28.6 Å². The maximum atomic E-state index is 12.9. The molecule has 0 aromatic carbocycles. The summed E-state index contributed by atoms with van der Waals surface area (Å²) in [6, 6.07) is 0. The van der Waals surface area contributed by atoms with Crippen molar-refractivity contribution in [3.8, 4) is 0 Å². The Kier molecular flexibility index (Phi) is 54.8. The molecule has 398 valence electrons. The van der Waals surface area contributed by atoms with Crippen LogP contribution in [0, 0.1) is 0 Å². The molecule has 0 saturated heterocycles. The van der Waals surface area contributed by atoms with Gasteiger partial charge in [-0.05, 0) is 57.8 Å². The fraction of sp³-hybridized carbons (Fsp3) is 0.762. The van der Waals surface area contributed by atoms with Crippen LogP contribution >= 0.6 is 0 Å². The molecular weight excluding hydrogens is 853 g/mol. The van der Waals surface area contributed by atoms with Gasteiger partial charge in [-0.15, -0.1) is 0 Å². The zero-order chi connectivity index (χ0) is 50.0. The number of carbonyl (C=O) groups is 3. The van der Waals surface area contributed by atoms with E-state index in [9.17, 15) is 14.4 Å². The molecular formula is C63H110O6. The lowest BCUT2D eigenvalue weighted by atomic mass is 10.0. The molecule has 0 heterocycles. The minimum Gasteiger partial charge on any atom is -0.462 e. The zero-order valence-electron chi connectivity index (χ0n) is 45.6. The first-order chi connectivity index (χ1) is 34.0. The van der Waals surface area contributed by atoms with E-state index in [-0.39, 0.29) is 37.5 Å². The molecule has 0 radical (unpaired) electrons. The summed E-state index contributed by atoms with van der Waals surface area (Å²) in [5.74, 6) is -0.969. The fourth-order valence-corrected chi connectivity index (χ4v) is 8.35. The highest BCUT2D eigenvalue weighted by Gasteiger charge is 2.19. The molecule has 0 aromatic heterocycles. The van der Waals surface area contributed by atoms with E-state index in [1.807, 2.05) is 6.08 Å². The maximum absolute atomic E-state index is 12.9. The minimum absolute atomic E-state index is 0.0945. The third-order valence-corrected chi connectivity index (χ3v) is 12.7. The van der Waals surface area contributed by atoms with E-state index >= 15 is 0 Å². The molecule has 0 fully saturated rings. The summed E-state index contributed by atoms with van der Waals surface area (Å²) in [5, 5.41) is 0. The standard InChI is InChI=1S/C63H110O6/c1-4-7-10-13-16-19-22-25-28-30-32-34-35-38-41-44-47-50-53-56-62(65)68-59-60(58-67-61(64)55-52-49-46-43-40-37-27-24-21-18-15-12-9-6-3)69-63(66)57-54-51-48-45-42-39-36-33-31-29-26-23-20-17-14-11-8-5-2/h7,10,16,19,25,28,32,34,38,41,47,50,60H,4-6,8-9,11-15,17-18,20-24,26-27,29-31,33,35-37,39-40,42-46,48-49,51-59H2,1-3H3/b10-7-,19-16-,28-25-,34-32-,41-38-,50-47-/t60-/m1/s1. The molecule has 0 spiro atoms. The molecule has 0 aliphatic heterocycles. The summed E-state index contributed by atoms with van der Waals surface area (Å²) >= 11 is 0. The number of unbranched alkanes of at least 4 members (excludes halogenated alkanes) is 30. The molecule has 0 aromatic rings. The van der Waals surface area contributed by atoms with E-state index in [1.165, 1.54) is 167 Å². The Labute approximate surface area is 427 Å². The van der Waals surface area contributed by atoms with Gasteiger partial charge in [0, 0.05) is 19.3 Å². The van der Waals surface area contributed by atoms with Gasteiger partial charge in [-0.1, -0.05) is 286 Å². The number of esters is 3. The number of carbonyl (C=O) groups excluding carboxylic acids is 3. The Morgan fingerprint density at radius 2 is 0.565 bits per heavy atom. The number of hydrogen-bond acceptors (Lipinski definition) is 6. The predicted molar refractivity (Wildman–Crippen MR) is 298 cm³/mol. The number of rotatable bonds is 53. The monoisotopic (exact) mass is 963 g/mol. The Morgan fingerprint density at radius 1 is 0.304 bits per heavy atom. The molecule has 1 atom stereocenters. The zero-order valence-corrected chi connectivity index (χ0v) is 45.6. The molecule has 6 nitrogen and oxygen atoms in total. The number of ether oxygens (including phenoxy) is 3. The molecule has 0 saturated carbocycles. The van der Waals surface area contributed by atoms with Crippen LogP contribution in [0.25, 0.3) is 0 Å². The second kappa shape index (κ2) is 57.4. The lowest BCUT2D eigenvalue weighted by Gasteiger charge is -2.18. The maximum Gasteiger partial charge on any atom is 0.306 e. The smallest absolute Gasteiger partial charge is 0.306 e. The average Bonchev–Trinajstić information content (AvgIpc) is 3.35. The van der Waals surface area contributed by atoms with Gasteiger partial charge >= 0.3 is 17.9 Å². The first kappa shape index (κ1) is 65.8. The number of allylic oxidation sites excluding steroid dienone is 12. The molecule has 0 bridgehead atoms. The van der Waals surface area contributed by atoms with E-state index in [0.717, 1.165) is 77.0 Å². The summed E-state index contributed by atoms with van der Waals surface area (Å²) in [4.78, 5) is 38.1. The summed E-state index contributed by atoms with van der Waals surface area (Å²) < 4.78 is 16.8. The van der Waals surface area contributed by atoms with Crippen molar-refractivity contribution in [2.45, 2.75) is 297 Å². The molecule has 0 rings (SSSR count). The van der Waals surface area contributed by atoms with Gasteiger partial charge in [0.25, 0.3) is 0 Å². The van der Waals surface area contributed by atoms with Gasteiger partial charge in [0.05, 0.1) is 0 Å². The van der Waals surface area contributed by atoms with Crippen LogP contribution in [0.1, 0.15) is 290 Å². The summed E-state index contributed by atoms with van der Waals surface area (Å²) in [5.41, 5.74) is 0. The van der Waals surface area contributed by atoms with Crippen LogP contribution in [0.5, 0.6) is 0 Å². The second-order valence-electron chi connectivity index (χ2n) is 19.5. The van der Waals surface area contributed by atoms with Gasteiger partial charge in [0.15, 0.2) is 6.10 Å². The third-order valence-electron chi connectivity index (χ3n) is 12.7. The van der Waals surface area contributed by atoms with Crippen LogP contribution in [0.15, 0.2) is 72.9 Å². The van der Waals surface area contributed by atoms with E-state index in [0.29, 0.717) is 19.3 Å². The summed E-state index contributed by atoms with van der Waals surface area (Å²) in [6.07, 6.45) is 73.3. The van der Waals surface area contributed by atoms with Gasteiger partial charge in [0.2, 0.25) is 0 Å². The lowest BCUT2D eigenvalue weighted by Crippen LogP contribution is -2.30. The van der Waals surface area contributed by atoms with Crippen molar-refractivity contribution >= 4 is 17.9 Å². The highest BCUT2D eigenvalue weighted by molar-refractivity contribution is 5.71. The van der Waals surface area contributed by atoms with Crippen LogP contribution in [0.4, 0.5) is 0 Å². The Balaban J connectivity index is 4.45. The van der Waals surface area contributed by atoms with Crippen molar-refractivity contribution in [2.75, 3.05) is 13.2 Å². The van der Waals surface area contributed by atoms with Crippen LogP contribution in [0.3, 0.4) is 0 Å². The van der Waals surface area contributed by atoms with Crippen molar-refractivity contribution in [1.82, 2.24) is 0 Å². The molecule has 0 N–H and O–H groups in total. The van der Waals surface area contributed by atoms with Gasteiger partial charge in [-0.3, -0.25) is 14.4 Å². The van der Waals surface area contributed by atoms with E-state index in [4.69, 9.17) is 14.2 Å². The van der Waals surface area contributed by atoms with Crippen molar-refractivity contribution in [1.29, 1.82) is 0 Å².